The van der Waals surface area contributed by atoms with Crippen LogP contribution in [0.25, 0.3) is 0 Å². The Bertz CT molecular complexity index is 1000. The van der Waals surface area contributed by atoms with Gasteiger partial charge < -0.3 is 34.3 Å². The number of nitrogens with zero attached hydrogens (tertiary/aromatic N) is 2. The van der Waals surface area contributed by atoms with Crippen molar-refractivity contribution in [3.05, 3.63) is 58.7 Å². The van der Waals surface area contributed by atoms with Gasteiger partial charge in [-0.1, -0.05) is 19.1 Å². The summed E-state index contributed by atoms with van der Waals surface area (Å²) in [5.74, 6) is 2.68. The van der Waals surface area contributed by atoms with Crippen molar-refractivity contribution in [2.75, 3.05) is 34.0 Å². The second kappa shape index (κ2) is 12.7. The quantitative estimate of drug-likeness (QED) is 0.509. The lowest BCUT2D eigenvalue weighted by atomic mass is 10.1. The molecule has 196 valence electrons. The number of benzene rings is 2. The second-order valence-corrected chi connectivity index (χ2v) is 8.62. The van der Waals surface area contributed by atoms with Gasteiger partial charge in [-0.25, -0.2) is 9.98 Å². The van der Waals surface area contributed by atoms with Gasteiger partial charge >= 0.3 is 0 Å². The summed E-state index contributed by atoms with van der Waals surface area (Å²) in [6.45, 7) is 6.26. The van der Waals surface area contributed by atoms with Crippen LogP contribution in [0.5, 0.6) is 11.5 Å². The summed E-state index contributed by atoms with van der Waals surface area (Å²) in [6.07, 6.45) is -0.635. The van der Waals surface area contributed by atoms with E-state index in [-0.39, 0.29) is 19.3 Å². The third-order valence-electron chi connectivity index (χ3n) is 6.31. The average Bonchev–Trinajstić information content (AvgIpc) is 3.59. The smallest absolute Gasteiger partial charge is 0.217 e. The molecule has 4 rings (SSSR count). The fraction of sp³-hybridized carbons (Fsp3) is 0.481. The lowest BCUT2D eigenvalue weighted by Crippen LogP contribution is -2.28. The molecule has 2 aliphatic heterocycles. The minimum Gasteiger partial charge on any atom is -0.496 e. The molecule has 0 radical (unpaired) electrons. The fourth-order valence-corrected chi connectivity index (χ4v) is 4.00. The van der Waals surface area contributed by atoms with Gasteiger partial charge in [0.2, 0.25) is 11.8 Å². The lowest BCUT2D eigenvalue weighted by Gasteiger charge is -2.10. The molecule has 4 atom stereocenters. The van der Waals surface area contributed by atoms with Crippen LogP contribution in [0.2, 0.25) is 0 Å². The van der Waals surface area contributed by atoms with E-state index >= 15 is 0 Å². The summed E-state index contributed by atoms with van der Waals surface area (Å²) in [5.41, 5.74) is 3.73. The standard InChI is InChI=1S/C14H19NO3.C13H17NO4/c1-4-12(16)11-8-18-14(15-11)10-6-5-7-13(17-3)9(10)2;1-8-9(4-3-5-12(8)17-2)13-14-10(7-18-13)11(16)6-15/h5-7,11-12,16H,4,8H2,1-3H3;3-5,10-11,15-16H,6-7H2,1-2H3/t11-,12-;10-,11-/m00/s1. The first-order valence-electron chi connectivity index (χ1n) is 12.0. The Hall–Kier alpha value is -3.14. The van der Waals surface area contributed by atoms with Gasteiger partial charge in [-0.2, -0.15) is 0 Å². The van der Waals surface area contributed by atoms with E-state index in [1.165, 1.54) is 0 Å². The number of aliphatic hydroxyl groups is 3. The monoisotopic (exact) mass is 500 g/mol. The Morgan fingerprint density at radius 1 is 0.833 bits per heavy atom. The fourth-order valence-electron chi connectivity index (χ4n) is 4.00. The van der Waals surface area contributed by atoms with Crippen molar-refractivity contribution in [3.8, 4) is 11.5 Å². The molecule has 0 spiro atoms. The largest absolute Gasteiger partial charge is 0.496 e. The highest BCUT2D eigenvalue weighted by Gasteiger charge is 2.28. The predicted octanol–water partition coefficient (Wildman–Crippen LogP) is 2.42. The summed E-state index contributed by atoms with van der Waals surface area (Å²) >= 11 is 0. The summed E-state index contributed by atoms with van der Waals surface area (Å²) in [6, 6.07) is 10.8. The molecule has 9 heteroatoms. The Morgan fingerprint density at radius 3 is 1.67 bits per heavy atom. The van der Waals surface area contributed by atoms with E-state index in [0.29, 0.717) is 24.8 Å². The zero-order valence-corrected chi connectivity index (χ0v) is 21.5. The van der Waals surface area contributed by atoms with Gasteiger partial charge in [0, 0.05) is 22.3 Å². The van der Waals surface area contributed by atoms with Gasteiger partial charge in [-0.05, 0) is 44.5 Å². The Labute approximate surface area is 212 Å². The zero-order valence-electron chi connectivity index (χ0n) is 21.5. The van der Waals surface area contributed by atoms with E-state index in [1.807, 2.05) is 57.2 Å². The molecule has 0 saturated heterocycles. The minimum atomic E-state index is -0.881. The number of methoxy groups -OCH3 is 2. The van der Waals surface area contributed by atoms with Gasteiger partial charge in [0.25, 0.3) is 0 Å². The Morgan fingerprint density at radius 2 is 1.28 bits per heavy atom. The van der Waals surface area contributed by atoms with E-state index in [9.17, 15) is 10.2 Å². The third kappa shape index (κ3) is 6.16. The zero-order chi connectivity index (χ0) is 26.2. The molecule has 0 saturated carbocycles. The normalized spacial score (nSPS) is 20.2. The van der Waals surface area contributed by atoms with Gasteiger partial charge in [0.1, 0.15) is 42.9 Å². The molecule has 3 N–H and O–H groups in total. The Kier molecular flexibility index (Phi) is 9.69. The lowest BCUT2D eigenvalue weighted by molar-refractivity contribution is 0.0666. The average molecular weight is 501 g/mol. The number of aliphatic hydroxyl groups excluding tert-OH is 3. The molecule has 0 fully saturated rings. The van der Waals surface area contributed by atoms with E-state index in [1.54, 1.807) is 14.2 Å². The van der Waals surface area contributed by atoms with Crippen LogP contribution in [0, 0.1) is 13.8 Å². The molecule has 0 aliphatic carbocycles. The molecule has 2 heterocycles. The van der Waals surface area contributed by atoms with E-state index in [0.717, 1.165) is 33.8 Å². The van der Waals surface area contributed by atoms with Crippen molar-refractivity contribution < 1.29 is 34.3 Å². The SMILES string of the molecule is CC[C@H](O)[C@@H]1COC(c2cccc(OC)c2C)=N1.COc1cccc(C2=N[C@H]([C@@H](O)CO)CO2)c1C. The molecule has 2 aromatic rings. The van der Waals surface area contributed by atoms with Crippen LogP contribution in [0.3, 0.4) is 0 Å². The molecule has 36 heavy (non-hydrogen) atoms. The van der Waals surface area contributed by atoms with E-state index < -0.39 is 18.2 Å². The molecule has 0 unspecified atom stereocenters. The van der Waals surface area contributed by atoms with Crippen molar-refractivity contribution in [2.24, 2.45) is 9.98 Å². The van der Waals surface area contributed by atoms with Crippen LogP contribution in [-0.4, -0.2) is 85.4 Å². The first kappa shape index (κ1) is 27.4. The molecular weight excluding hydrogens is 464 g/mol. The maximum atomic E-state index is 9.78. The van der Waals surface area contributed by atoms with Gasteiger partial charge in [-0.15, -0.1) is 0 Å². The summed E-state index contributed by atoms with van der Waals surface area (Å²) in [7, 11) is 3.26. The highest BCUT2D eigenvalue weighted by atomic mass is 16.5. The van der Waals surface area contributed by atoms with Gasteiger partial charge in [-0.3, -0.25) is 0 Å². The van der Waals surface area contributed by atoms with Crippen molar-refractivity contribution in [1.82, 2.24) is 0 Å². The van der Waals surface area contributed by atoms with Crippen LogP contribution in [0.15, 0.2) is 46.4 Å². The summed E-state index contributed by atoms with van der Waals surface area (Å²) in [4.78, 5) is 8.75. The first-order chi connectivity index (χ1) is 17.3. The highest BCUT2D eigenvalue weighted by molar-refractivity contribution is 5.97. The van der Waals surface area contributed by atoms with Crippen LogP contribution >= 0.6 is 0 Å². The third-order valence-corrected chi connectivity index (χ3v) is 6.31. The molecular formula is C27H36N2O7. The van der Waals surface area contributed by atoms with Crippen molar-refractivity contribution in [2.45, 2.75) is 51.5 Å². The molecule has 0 bridgehead atoms. The van der Waals surface area contributed by atoms with Crippen molar-refractivity contribution >= 4 is 11.8 Å². The van der Waals surface area contributed by atoms with Crippen molar-refractivity contribution in [1.29, 1.82) is 0 Å². The number of rotatable bonds is 8. The van der Waals surface area contributed by atoms with Gasteiger partial charge in [0.15, 0.2) is 0 Å². The molecule has 9 nitrogen and oxygen atoms in total. The second-order valence-electron chi connectivity index (χ2n) is 8.62. The number of aliphatic imine (C=N–C) groups is 2. The number of hydrogen-bond donors (Lipinski definition) is 3. The van der Waals surface area contributed by atoms with Crippen molar-refractivity contribution in [3.63, 3.8) is 0 Å². The number of ether oxygens (including phenoxy) is 4. The topological polar surface area (TPSA) is 122 Å². The minimum absolute atomic E-state index is 0.157. The molecule has 0 amide bonds. The Balaban J connectivity index is 0.000000201. The van der Waals surface area contributed by atoms with Crippen LogP contribution in [0.1, 0.15) is 35.6 Å². The summed E-state index contributed by atoms with van der Waals surface area (Å²) < 4.78 is 21.6. The van der Waals surface area contributed by atoms with E-state index in [2.05, 4.69) is 9.98 Å². The van der Waals surface area contributed by atoms with Gasteiger partial charge in [0.05, 0.1) is 26.9 Å². The van der Waals surface area contributed by atoms with E-state index in [4.69, 9.17) is 24.1 Å². The van der Waals surface area contributed by atoms with Crippen LogP contribution in [-0.2, 0) is 9.47 Å². The molecule has 2 aromatic carbocycles. The summed E-state index contributed by atoms with van der Waals surface area (Å²) in [5, 5.41) is 28.2. The first-order valence-corrected chi connectivity index (χ1v) is 12.0. The maximum absolute atomic E-state index is 9.78. The highest BCUT2D eigenvalue weighted by Crippen LogP contribution is 2.26. The van der Waals surface area contributed by atoms with Crippen LogP contribution in [0.4, 0.5) is 0 Å². The number of hydrogen-bond acceptors (Lipinski definition) is 9. The predicted molar refractivity (Wildman–Crippen MR) is 137 cm³/mol. The van der Waals surface area contributed by atoms with Crippen LogP contribution < -0.4 is 9.47 Å². The molecule has 2 aliphatic rings. The maximum Gasteiger partial charge on any atom is 0.217 e. The molecule has 0 aromatic heterocycles.